The molecule has 1 aromatic heterocycles. The number of fused-ring (bicyclic) bond motifs is 1. The fraction of sp³-hybridized carbons (Fsp3) is 0.400. The number of nitrogens with zero attached hydrogens (tertiary/aromatic N) is 3. The van der Waals surface area contributed by atoms with Gasteiger partial charge in [0.1, 0.15) is 0 Å². The van der Waals surface area contributed by atoms with Gasteiger partial charge in [-0.2, -0.15) is 0 Å². The minimum atomic E-state index is -0.500. The lowest BCUT2D eigenvalue weighted by atomic mass is 10.2. The van der Waals surface area contributed by atoms with E-state index in [0.29, 0.717) is 11.2 Å². The van der Waals surface area contributed by atoms with Crippen LogP contribution in [0.15, 0.2) is 16.8 Å². The Hall–Kier alpha value is -2.18. The summed E-state index contributed by atoms with van der Waals surface area (Å²) in [4.78, 5) is 10.3. The van der Waals surface area contributed by atoms with Crippen molar-refractivity contribution in [3.8, 4) is 0 Å². The summed E-state index contributed by atoms with van der Waals surface area (Å²) < 4.78 is 4.57. The molecule has 0 spiro atoms. The zero-order chi connectivity index (χ0) is 12.4. The van der Waals surface area contributed by atoms with Gasteiger partial charge >= 0.3 is 5.69 Å². The van der Waals surface area contributed by atoms with Gasteiger partial charge in [-0.05, 0) is 29.7 Å². The van der Waals surface area contributed by atoms with Crippen LogP contribution in [0.3, 0.4) is 0 Å². The highest BCUT2D eigenvalue weighted by Crippen LogP contribution is 2.29. The molecule has 0 amide bonds. The highest BCUT2D eigenvalue weighted by molar-refractivity contribution is 5.93. The Kier molecular flexibility index (Phi) is 2.90. The third-order valence-corrected chi connectivity index (χ3v) is 2.61. The smallest absolute Gasteiger partial charge is 0.300 e. The molecule has 2 rings (SSSR count). The molecule has 0 bridgehead atoms. The number of nitro benzene ring substituents is 1. The fourth-order valence-electron chi connectivity index (χ4n) is 1.48. The van der Waals surface area contributed by atoms with Crippen molar-refractivity contribution in [1.29, 1.82) is 0 Å². The normalized spacial score (nSPS) is 12.6. The van der Waals surface area contributed by atoms with Crippen molar-refractivity contribution in [2.45, 2.75) is 26.3 Å². The van der Waals surface area contributed by atoms with Crippen LogP contribution >= 0.6 is 0 Å². The van der Waals surface area contributed by atoms with Crippen LogP contribution in [-0.2, 0) is 0 Å². The Bertz CT molecular complexity index is 551. The highest BCUT2D eigenvalue weighted by Gasteiger charge is 2.19. The molecular formula is C10H12N4O3. The summed E-state index contributed by atoms with van der Waals surface area (Å²) >= 11 is 0. The van der Waals surface area contributed by atoms with Gasteiger partial charge in [0, 0.05) is 12.1 Å². The molecule has 7 nitrogen and oxygen atoms in total. The van der Waals surface area contributed by atoms with E-state index in [2.05, 4.69) is 20.3 Å². The van der Waals surface area contributed by atoms with Crippen molar-refractivity contribution >= 4 is 22.4 Å². The first kappa shape index (κ1) is 11.3. The molecule has 2 aromatic rings. The molecule has 17 heavy (non-hydrogen) atoms. The zero-order valence-corrected chi connectivity index (χ0v) is 9.51. The maximum Gasteiger partial charge on any atom is 0.300 e. The van der Waals surface area contributed by atoms with Gasteiger partial charge in [0.25, 0.3) is 0 Å². The summed E-state index contributed by atoms with van der Waals surface area (Å²) in [6.45, 7) is 4.06. The number of benzene rings is 1. The van der Waals surface area contributed by atoms with E-state index >= 15 is 0 Å². The molecule has 0 aliphatic heterocycles. The number of hydrogen-bond acceptors (Lipinski definition) is 6. The van der Waals surface area contributed by atoms with Crippen LogP contribution in [0.2, 0.25) is 0 Å². The molecule has 90 valence electrons. The van der Waals surface area contributed by atoms with Gasteiger partial charge < -0.3 is 5.32 Å². The molecule has 0 aliphatic rings. The van der Waals surface area contributed by atoms with Gasteiger partial charge in [-0.3, -0.25) is 10.1 Å². The second kappa shape index (κ2) is 4.36. The molecule has 1 N–H and O–H groups in total. The van der Waals surface area contributed by atoms with Gasteiger partial charge in [0.2, 0.25) is 5.52 Å². The largest absolute Gasteiger partial charge is 0.381 e. The molecule has 0 radical (unpaired) electrons. The first-order valence-electron chi connectivity index (χ1n) is 5.29. The van der Waals surface area contributed by atoms with Crippen molar-refractivity contribution < 1.29 is 9.55 Å². The van der Waals surface area contributed by atoms with Crippen molar-refractivity contribution in [1.82, 2.24) is 10.3 Å². The molecule has 0 saturated carbocycles. The summed E-state index contributed by atoms with van der Waals surface area (Å²) in [5.74, 6) is 0. The second-order valence-electron chi connectivity index (χ2n) is 3.80. The average Bonchev–Trinajstić information content (AvgIpc) is 2.77. The minimum absolute atomic E-state index is 0.101. The average molecular weight is 236 g/mol. The maximum absolute atomic E-state index is 10.8. The van der Waals surface area contributed by atoms with Crippen molar-refractivity contribution in [3.63, 3.8) is 0 Å². The van der Waals surface area contributed by atoms with E-state index in [9.17, 15) is 10.1 Å². The molecule has 1 unspecified atom stereocenters. The Labute approximate surface area is 96.9 Å². The van der Waals surface area contributed by atoms with Crippen LogP contribution in [0, 0.1) is 10.1 Å². The second-order valence-corrected chi connectivity index (χ2v) is 3.80. The van der Waals surface area contributed by atoms with Crippen molar-refractivity contribution in [2.75, 3.05) is 5.32 Å². The number of non-ortho nitro benzene ring substituents is 1. The van der Waals surface area contributed by atoms with Crippen LogP contribution in [-0.4, -0.2) is 21.3 Å². The van der Waals surface area contributed by atoms with Crippen LogP contribution in [0.25, 0.3) is 11.0 Å². The van der Waals surface area contributed by atoms with Gasteiger partial charge in [-0.15, -0.1) is 0 Å². The van der Waals surface area contributed by atoms with E-state index in [1.165, 1.54) is 6.07 Å². The predicted octanol–water partition coefficient (Wildman–Crippen LogP) is 2.34. The summed E-state index contributed by atoms with van der Waals surface area (Å²) in [5, 5.41) is 21.2. The topological polar surface area (TPSA) is 94.1 Å². The Morgan fingerprint density at radius 2 is 2.18 bits per heavy atom. The van der Waals surface area contributed by atoms with E-state index in [0.717, 1.165) is 6.42 Å². The van der Waals surface area contributed by atoms with E-state index in [-0.39, 0.29) is 17.2 Å². The van der Waals surface area contributed by atoms with E-state index in [1.54, 1.807) is 6.07 Å². The molecule has 1 atom stereocenters. The third kappa shape index (κ3) is 2.03. The van der Waals surface area contributed by atoms with Crippen LogP contribution in [0.5, 0.6) is 0 Å². The summed E-state index contributed by atoms with van der Waals surface area (Å²) in [7, 11) is 0. The lowest BCUT2D eigenvalue weighted by molar-refractivity contribution is -0.383. The third-order valence-electron chi connectivity index (χ3n) is 2.61. The Morgan fingerprint density at radius 1 is 1.47 bits per heavy atom. The summed E-state index contributed by atoms with van der Waals surface area (Å²) in [5.41, 5.74) is 1.15. The lowest BCUT2D eigenvalue weighted by Gasteiger charge is -2.12. The van der Waals surface area contributed by atoms with Gasteiger partial charge in [-0.25, -0.2) is 4.63 Å². The van der Waals surface area contributed by atoms with Crippen molar-refractivity contribution in [2.24, 2.45) is 0 Å². The summed E-state index contributed by atoms with van der Waals surface area (Å²) in [6.07, 6.45) is 0.934. The quantitative estimate of drug-likeness (QED) is 0.646. The van der Waals surface area contributed by atoms with Crippen molar-refractivity contribution in [3.05, 3.63) is 22.2 Å². The maximum atomic E-state index is 10.8. The standard InChI is InChI=1S/C10H12N4O3/c1-3-6(2)11-7-4-5-8(14(15)16)10-9(7)12-17-13-10/h4-6,11H,3H2,1-2H3. The first-order chi connectivity index (χ1) is 8.13. The Balaban J connectivity index is 2.49. The number of aromatic nitrogens is 2. The van der Waals surface area contributed by atoms with Crippen LogP contribution in [0.1, 0.15) is 20.3 Å². The minimum Gasteiger partial charge on any atom is -0.381 e. The van der Waals surface area contributed by atoms with Crippen LogP contribution < -0.4 is 5.32 Å². The van der Waals surface area contributed by atoms with Crippen LogP contribution in [0.4, 0.5) is 11.4 Å². The molecule has 7 heteroatoms. The van der Waals surface area contributed by atoms with E-state index in [1.807, 2.05) is 13.8 Å². The molecule has 0 aliphatic carbocycles. The fourth-order valence-corrected chi connectivity index (χ4v) is 1.48. The number of rotatable bonds is 4. The predicted molar refractivity (Wildman–Crippen MR) is 61.8 cm³/mol. The van der Waals surface area contributed by atoms with E-state index in [4.69, 9.17) is 0 Å². The zero-order valence-electron chi connectivity index (χ0n) is 9.51. The SMILES string of the molecule is CCC(C)Nc1ccc([N+](=O)[O-])c2nonc12. The number of nitro groups is 1. The van der Waals surface area contributed by atoms with Gasteiger partial charge in [0.05, 0.1) is 10.6 Å². The monoisotopic (exact) mass is 236 g/mol. The molecule has 1 aromatic carbocycles. The molecular weight excluding hydrogens is 224 g/mol. The summed E-state index contributed by atoms with van der Waals surface area (Å²) in [6, 6.07) is 3.27. The highest BCUT2D eigenvalue weighted by atomic mass is 16.6. The number of anilines is 1. The number of hydrogen-bond donors (Lipinski definition) is 1. The number of nitrogens with one attached hydrogen (secondary N) is 1. The van der Waals surface area contributed by atoms with E-state index < -0.39 is 4.92 Å². The molecule has 0 fully saturated rings. The molecule has 0 saturated heterocycles. The Morgan fingerprint density at radius 3 is 2.82 bits per heavy atom. The van der Waals surface area contributed by atoms with Gasteiger partial charge in [0.15, 0.2) is 5.52 Å². The lowest BCUT2D eigenvalue weighted by Crippen LogP contribution is -2.13. The van der Waals surface area contributed by atoms with Gasteiger partial charge in [-0.1, -0.05) is 6.92 Å². The molecule has 1 heterocycles. The first-order valence-corrected chi connectivity index (χ1v) is 5.29.